The molecule has 1 rings (SSSR count). The van der Waals surface area contributed by atoms with Crippen LogP contribution in [0.15, 0.2) is 0 Å². The van der Waals surface area contributed by atoms with E-state index in [1.54, 1.807) is 14.0 Å². The van der Waals surface area contributed by atoms with Crippen LogP contribution in [-0.4, -0.2) is 37.7 Å². The van der Waals surface area contributed by atoms with Gasteiger partial charge in [-0.25, -0.2) is 0 Å². The number of hydrogen-bond acceptors (Lipinski definition) is 4. The van der Waals surface area contributed by atoms with Crippen LogP contribution in [-0.2, 0) is 19.1 Å². The van der Waals surface area contributed by atoms with Crippen LogP contribution in [0.1, 0.15) is 32.6 Å². The van der Waals surface area contributed by atoms with Crippen molar-refractivity contribution in [1.82, 2.24) is 5.32 Å². The van der Waals surface area contributed by atoms with Gasteiger partial charge >= 0.3 is 5.97 Å². The van der Waals surface area contributed by atoms with Crippen molar-refractivity contribution in [2.24, 2.45) is 0 Å². The maximum absolute atomic E-state index is 11.4. The fourth-order valence-electron chi connectivity index (χ4n) is 1.62. The second kappa shape index (κ2) is 6.48. The van der Waals surface area contributed by atoms with Crippen LogP contribution in [0.2, 0.25) is 0 Å². The fraction of sp³-hybridized carbons (Fsp3) is 0.818. The topological polar surface area (TPSA) is 64.6 Å². The van der Waals surface area contributed by atoms with Crippen LogP contribution >= 0.6 is 0 Å². The van der Waals surface area contributed by atoms with Gasteiger partial charge < -0.3 is 14.8 Å². The van der Waals surface area contributed by atoms with Crippen molar-refractivity contribution in [1.29, 1.82) is 0 Å². The molecular weight excluding hydrogens is 210 g/mol. The molecule has 0 radical (unpaired) electrons. The van der Waals surface area contributed by atoms with E-state index in [-0.39, 0.29) is 36.9 Å². The number of hydrogen-bond donors (Lipinski definition) is 1. The van der Waals surface area contributed by atoms with Crippen LogP contribution in [0.4, 0.5) is 0 Å². The molecule has 1 aliphatic rings. The molecule has 0 aromatic rings. The Kier molecular flexibility index (Phi) is 5.25. The van der Waals surface area contributed by atoms with Crippen molar-refractivity contribution < 1.29 is 19.1 Å². The molecule has 1 fully saturated rings. The lowest BCUT2D eigenvalue weighted by molar-refractivity contribution is -0.144. The maximum atomic E-state index is 11.4. The Morgan fingerprint density at radius 3 is 2.56 bits per heavy atom. The monoisotopic (exact) mass is 229 g/mol. The fourth-order valence-corrected chi connectivity index (χ4v) is 1.62. The number of carbonyl (C=O) groups is 2. The lowest BCUT2D eigenvalue weighted by Crippen LogP contribution is -2.47. The second-order valence-corrected chi connectivity index (χ2v) is 3.90. The third-order valence-electron chi connectivity index (χ3n) is 2.65. The van der Waals surface area contributed by atoms with Gasteiger partial charge in [-0.15, -0.1) is 0 Å². The Morgan fingerprint density at radius 2 is 2.00 bits per heavy atom. The average Bonchev–Trinajstić information content (AvgIpc) is 2.20. The first-order valence-electron chi connectivity index (χ1n) is 5.63. The highest BCUT2D eigenvalue weighted by Crippen LogP contribution is 2.22. The summed E-state index contributed by atoms with van der Waals surface area (Å²) in [5, 5.41) is 2.85. The molecule has 0 saturated heterocycles. The summed E-state index contributed by atoms with van der Waals surface area (Å²) in [4.78, 5) is 22.4. The Balaban J connectivity index is 2.06. The van der Waals surface area contributed by atoms with Crippen molar-refractivity contribution in [3.05, 3.63) is 0 Å². The van der Waals surface area contributed by atoms with Gasteiger partial charge in [0.15, 0.2) is 0 Å². The minimum atomic E-state index is -0.318. The van der Waals surface area contributed by atoms with E-state index in [1.165, 1.54) is 0 Å². The van der Waals surface area contributed by atoms with E-state index in [4.69, 9.17) is 9.47 Å². The standard InChI is InChI=1S/C11H19NO4/c1-3-16-11(14)5-4-10(13)12-8-6-9(7-8)15-2/h8-9H,3-7H2,1-2H3,(H,12,13). The molecule has 1 aliphatic carbocycles. The third-order valence-corrected chi connectivity index (χ3v) is 2.65. The van der Waals surface area contributed by atoms with E-state index in [9.17, 15) is 9.59 Å². The minimum absolute atomic E-state index is 0.0902. The second-order valence-electron chi connectivity index (χ2n) is 3.90. The molecule has 1 N–H and O–H groups in total. The van der Waals surface area contributed by atoms with Gasteiger partial charge in [0.05, 0.1) is 19.1 Å². The molecule has 0 aromatic carbocycles. The summed E-state index contributed by atoms with van der Waals surface area (Å²) < 4.78 is 9.84. The van der Waals surface area contributed by atoms with Gasteiger partial charge in [0.2, 0.25) is 5.91 Å². The summed E-state index contributed by atoms with van der Waals surface area (Å²) >= 11 is 0. The van der Waals surface area contributed by atoms with Gasteiger partial charge in [0.1, 0.15) is 0 Å². The molecule has 0 unspecified atom stereocenters. The van der Waals surface area contributed by atoms with Gasteiger partial charge in [0.25, 0.3) is 0 Å². The molecule has 0 spiro atoms. The summed E-state index contributed by atoms with van der Waals surface area (Å²) in [5.74, 6) is -0.409. The van der Waals surface area contributed by atoms with Crippen molar-refractivity contribution in [3.8, 4) is 0 Å². The third kappa shape index (κ3) is 4.18. The average molecular weight is 229 g/mol. The molecule has 92 valence electrons. The summed E-state index contributed by atoms with van der Waals surface area (Å²) in [5.41, 5.74) is 0. The van der Waals surface area contributed by atoms with Crippen molar-refractivity contribution in [2.75, 3.05) is 13.7 Å². The molecule has 0 atom stereocenters. The van der Waals surface area contributed by atoms with E-state index in [2.05, 4.69) is 5.32 Å². The highest BCUT2D eigenvalue weighted by molar-refractivity contribution is 5.81. The first-order chi connectivity index (χ1) is 7.65. The summed E-state index contributed by atoms with van der Waals surface area (Å²) in [6.07, 6.45) is 2.35. The van der Waals surface area contributed by atoms with Crippen molar-refractivity contribution >= 4 is 11.9 Å². The normalized spacial score (nSPS) is 23.4. The van der Waals surface area contributed by atoms with Gasteiger partial charge in [-0.2, -0.15) is 0 Å². The zero-order chi connectivity index (χ0) is 12.0. The lowest BCUT2D eigenvalue weighted by Gasteiger charge is -2.34. The zero-order valence-corrected chi connectivity index (χ0v) is 9.82. The number of carbonyl (C=O) groups excluding carboxylic acids is 2. The molecule has 5 heteroatoms. The Morgan fingerprint density at radius 1 is 1.31 bits per heavy atom. The van der Waals surface area contributed by atoms with Gasteiger partial charge in [0, 0.05) is 19.6 Å². The van der Waals surface area contributed by atoms with Crippen LogP contribution < -0.4 is 5.32 Å². The van der Waals surface area contributed by atoms with E-state index < -0.39 is 0 Å². The number of nitrogens with one attached hydrogen (secondary N) is 1. The molecule has 1 amide bonds. The van der Waals surface area contributed by atoms with Gasteiger partial charge in [-0.3, -0.25) is 9.59 Å². The number of amides is 1. The first kappa shape index (κ1) is 13.0. The highest BCUT2D eigenvalue weighted by atomic mass is 16.5. The summed E-state index contributed by atoms with van der Waals surface area (Å²) in [7, 11) is 1.67. The van der Waals surface area contributed by atoms with E-state index in [0.29, 0.717) is 6.61 Å². The van der Waals surface area contributed by atoms with Crippen LogP contribution in [0.5, 0.6) is 0 Å². The summed E-state index contributed by atoms with van der Waals surface area (Å²) in [6, 6.07) is 0.208. The Bertz CT molecular complexity index is 248. The van der Waals surface area contributed by atoms with Crippen LogP contribution in [0.3, 0.4) is 0 Å². The largest absolute Gasteiger partial charge is 0.466 e. The number of esters is 1. The van der Waals surface area contributed by atoms with Crippen LogP contribution in [0, 0.1) is 0 Å². The Labute approximate surface area is 95.5 Å². The quantitative estimate of drug-likeness (QED) is 0.678. The molecular formula is C11H19NO4. The Hall–Kier alpha value is -1.10. The number of ether oxygens (including phenoxy) is 2. The minimum Gasteiger partial charge on any atom is -0.466 e. The number of rotatable bonds is 6. The smallest absolute Gasteiger partial charge is 0.306 e. The molecule has 0 aliphatic heterocycles. The molecule has 1 saturated carbocycles. The van der Waals surface area contributed by atoms with Gasteiger partial charge in [-0.1, -0.05) is 0 Å². The number of methoxy groups -OCH3 is 1. The van der Waals surface area contributed by atoms with E-state index in [0.717, 1.165) is 12.8 Å². The van der Waals surface area contributed by atoms with Gasteiger partial charge in [-0.05, 0) is 19.8 Å². The van der Waals surface area contributed by atoms with Crippen molar-refractivity contribution in [3.63, 3.8) is 0 Å². The molecule has 0 bridgehead atoms. The lowest BCUT2D eigenvalue weighted by atomic mass is 9.89. The van der Waals surface area contributed by atoms with E-state index in [1.807, 2.05) is 0 Å². The van der Waals surface area contributed by atoms with E-state index >= 15 is 0 Å². The SMILES string of the molecule is CCOC(=O)CCC(=O)NC1CC(OC)C1. The maximum Gasteiger partial charge on any atom is 0.306 e. The van der Waals surface area contributed by atoms with Crippen LogP contribution in [0.25, 0.3) is 0 Å². The molecule has 16 heavy (non-hydrogen) atoms. The predicted molar refractivity (Wildman–Crippen MR) is 57.8 cm³/mol. The summed E-state index contributed by atoms with van der Waals surface area (Å²) in [6.45, 7) is 2.11. The molecule has 0 aromatic heterocycles. The first-order valence-corrected chi connectivity index (χ1v) is 5.63. The zero-order valence-electron chi connectivity index (χ0n) is 9.82. The molecule has 0 heterocycles. The highest BCUT2D eigenvalue weighted by Gasteiger charge is 2.29. The molecule has 5 nitrogen and oxygen atoms in total. The predicted octanol–water partition coefficient (Wildman–Crippen LogP) is 0.623. The van der Waals surface area contributed by atoms with Crippen molar-refractivity contribution in [2.45, 2.75) is 44.8 Å².